The van der Waals surface area contributed by atoms with E-state index in [1.807, 2.05) is 0 Å². The van der Waals surface area contributed by atoms with Gasteiger partial charge in [0.25, 0.3) is 0 Å². The van der Waals surface area contributed by atoms with Gasteiger partial charge in [-0.15, -0.1) is 0 Å². The van der Waals surface area contributed by atoms with Gasteiger partial charge in [0, 0.05) is 6.42 Å². The highest BCUT2D eigenvalue weighted by Crippen LogP contribution is 2.25. The molecule has 1 aromatic rings. The molecule has 1 aromatic carbocycles. The predicted octanol–water partition coefficient (Wildman–Crippen LogP) is 3.07. The first kappa shape index (κ1) is 13.0. The van der Waals surface area contributed by atoms with Crippen LogP contribution in [0.1, 0.15) is 19.3 Å². The van der Waals surface area contributed by atoms with Crippen molar-refractivity contribution in [1.29, 1.82) is 5.41 Å². The first-order valence-electron chi connectivity index (χ1n) is 5.00. The van der Waals surface area contributed by atoms with Crippen molar-refractivity contribution in [1.82, 2.24) is 0 Å². The summed E-state index contributed by atoms with van der Waals surface area (Å²) in [5.41, 5.74) is 5.22. The number of nitrogens with one attached hydrogen (secondary N) is 1. The van der Waals surface area contributed by atoms with Gasteiger partial charge in [-0.2, -0.15) is 0 Å². The molecule has 0 aliphatic rings. The molecule has 0 saturated heterocycles. The lowest BCUT2D eigenvalue weighted by molar-refractivity contribution is 0.305. The molecule has 0 unspecified atom stereocenters. The summed E-state index contributed by atoms with van der Waals surface area (Å²) in [5, 5.41) is 7.04. The lowest BCUT2D eigenvalue weighted by Gasteiger charge is -2.07. The SMILES string of the molecule is N=C(N)CCCCOc1ccc(F)cc1Br. The molecule has 0 heterocycles. The van der Waals surface area contributed by atoms with E-state index in [0.29, 0.717) is 23.2 Å². The third-order valence-corrected chi connectivity index (χ3v) is 2.61. The van der Waals surface area contributed by atoms with Crippen molar-refractivity contribution in [3.63, 3.8) is 0 Å². The van der Waals surface area contributed by atoms with Crippen molar-refractivity contribution in [2.24, 2.45) is 5.73 Å². The summed E-state index contributed by atoms with van der Waals surface area (Å²) in [4.78, 5) is 0. The molecular formula is C11H14BrFN2O. The Hall–Kier alpha value is -1.10. The fraction of sp³-hybridized carbons (Fsp3) is 0.364. The molecule has 88 valence electrons. The van der Waals surface area contributed by atoms with Crippen LogP contribution >= 0.6 is 15.9 Å². The molecular weight excluding hydrogens is 275 g/mol. The first-order valence-corrected chi connectivity index (χ1v) is 5.79. The van der Waals surface area contributed by atoms with E-state index in [-0.39, 0.29) is 11.7 Å². The van der Waals surface area contributed by atoms with Crippen molar-refractivity contribution in [3.05, 3.63) is 28.5 Å². The molecule has 0 amide bonds. The first-order chi connectivity index (χ1) is 7.59. The van der Waals surface area contributed by atoms with Gasteiger partial charge in [0.2, 0.25) is 0 Å². The number of ether oxygens (including phenoxy) is 1. The van der Waals surface area contributed by atoms with Gasteiger partial charge in [0.15, 0.2) is 0 Å². The van der Waals surface area contributed by atoms with Gasteiger partial charge in [0.1, 0.15) is 11.6 Å². The van der Waals surface area contributed by atoms with Crippen molar-refractivity contribution in [3.8, 4) is 5.75 Å². The van der Waals surface area contributed by atoms with E-state index in [1.54, 1.807) is 6.07 Å². The predicted molar refractivity (Wildman–Crippen MR) is 65.4 cm³/mol. The summed E-state index contributed by atoms with van der Waals surface area (Å²) in [5.74, 6) is 0.531. The maximum absolute atomic E-state index is 12.8. The third-order valence-electron chi connectivity index (χ3n) is 1.99. The van der Waals surface area contributed by atoms with Gasteiger partial charge in [0.05, 0.1) is 16.9 Å². The Balaban J connectivity index is 2.29. The van der Waals surface area contributed by atoms with Crippen LogP contribution < -0.4 is 10.5 Å². The van der Waals surface area contributed by atoms with Crippen LogP contribution in [-0.2, 0) is 0 Å². The maximum Gasteiger partial charge on any atom is 0.133 e. The highest BCUT2D eigenvalue weighted by Gasteiger charge is 2.02. The van der Waals surface area contributed by atoms with Crippen LogP contribution in [0.4, 0.5) is 4.39 Å². The van der Waals surface area contributed by atoms with Gasteiger partial charge in [-0.05, 0) is 47.0 Å². The zero-order chi connectivity index (χ0) is 12.0. The molecule has 0 fully saturated rings. The molecule has 0 aliphatic carbocycles. The molecule has 5 heteroatoms. The Kier molecular flexibility index (Phi) is 5.25. The minimum absolute atomic E-state index is 0.197. The number of benzene rings is 1. The molecule has 0 aromatic heterocycles. The lowest BCUT2D eigenvalue weighted by atomic mass is 10.2. The van der Waals surface area contributed by atoms with Crippen molar-refractivity contribution in [2.75, 3.05) is 6.61 Å². The Bertz CT molecular complexity index is 371. The number of unbranched alkanes of at least 4 members (excludes halogenated alkanes) is 1. The van der Waals surface area contributed by atoms with E-state index in [2.05, 4.69) is 15.9 Å². The highest BCUT2D eigenvalue weighted by atomic mass is 79.9. The van der Waals surface area contributed by atoms with E-state index in [1.165, 1.54) is 12.1 Å². The van der Waals surface area contributed by atoms with Crippen molar-refractivity contribution >= 4 is 21.8 Å². The maximum atomic E-state index is 12.8. The van der Waals surface area contributed by atoms with Crippen LogP contribution in [-0.4, -0.2) is 12.4 Å². The minimum Gasteiger partial charge on any atom is -0.492 e. The van der Waals surface area contributed by atoms with Gasteiger partial charge in [-0.25, -0.2) is 4.39 Å². The fourth-order valence-corrected chi connectivity index (χ4v) is 1.66. The Morgan fingerprint density at radius 1 is 1.44 bits per heavy atom. The topological polar surface area (TPSA) is 59.1 Å². The number of hydrogen-bond donors (Lipinski definition) is 2. The molecule has 3 nitrogen and oxygen atoms in total. The molecule has 0 spiro atoms. The molecule has 0 aliphatic heterocycles. The van der Waals surface area contributed by atoms with E-state index < -0.39 is 0 Å². The summed E-state index contributed by atoms with van der Waals surface area (Å²) in [6, 6.07) is 4.31. The third kappa shape index (κ3) is 4.61. The monoisotopic (exact) mass is 288 g/mol. The number of nitrogens with two attached hydrogens (primary N) is 1. The van der Waals surface area contributed by atoms with Crippen molar-refractivity contribution in [2.45, 2.75) is 19.3 Å². The molecule has 0 bridgehead atoms. The summed E-state index contributed by atoms with van der Waals surface area (Å²) >= 11 is 3.22. The molecule has 0 radical (unpaired) electrons. The highest BCUT2D eigenvalue weighted by molar-refractivity contribution is 9.10. The van der Waals surface area contributed by atoms with Crippen LogP contribution in [0.2, 0.25) is 0 Å². The van der Waals surface area contributed by atoms with Gasteiger partial charge in [-0.3, -0.25) is 5.41 Å². The Morgan fingerprint density at radius 2 is 2.19 bits per heavy atom. The summed E-state index contributed by atoms with van der Waals surface area (Å²) in [7, 11) is 0. The molecule has 1 rings (SSSR count). The minimum atomic E-state index is -0.296. The molecule has 16 heavy (non-hydrogen) atoms. The molecule has 0 saturated carbocycles. The number of hydrogen-bond acceptors (Lipinski definition) is 2. The fourth-order valence-electron chi connectivity index (χ4n) is 1.19. The van der Waals surface area contributed by atoms with Crippen molar-refractivity contribution < 1.29 is 9.13 Å². The molecule has 0 atom stereocenters. The number of amidine groups is 1. The normalized spacial score (nSPS) is 10.1. The summed E-state index contributed by atoms with van der Waals surface area (Å²) < 4.78 is 18.8. The zero-order valence-electron chi connectivity index (χ0n) is 8.80. The average Bonchev–Trinajstić information content (AvgIpc) is 2.20. The van der Waals surface area contributed by atoms with Crippen LogP contribution in [0.15, 0.2) is 22.7 Å². The smallest absolute Gasteiger partial charge is 0.133 e. The van der Waals surface area contributed by atoms with Crippen LogP contribution in [0.3, 0.4) is 0 Å². The Morgan fingerprint density at radius 3 is 2.81 bits per heavy atom. The second kappa shape index (κ2) is 6.48. The zero-order valence-corrected chi connectivity index (χ0v) is 10.4. The number of rotatable bonds is 6. The summed E-state index contributed by atoms with van der Waals surface area (Å²) in [6.07, 6.45) is 2.24. The quantitative estimate of drug-likeness (QED) is 0.480. The second-order valence-electron chi connectivity index (χ2n) is 3.41. The van der Waals surface area contributed by atoms with Gasteiger partial charge >= 0.3 is 0 Å². The average molecular weight is 289 g/mol. The van der Waals surface area contributed by atoms with E-state index >= 15 is 0 Å². The van der Waals surface area contributed by atoms with Crippen LogP contribution in [0, 0.1) is 11.2 Å². The lowest BCUT2D eigenvalue weighted by Crippen LogP contribution is -2.09. The van der Waals surface area contributed by atoms with Crippen LogP contribution in [0.5, 0.6) is 5.75 Å². The van der Waals surface area contributed by atoms with E-state index in [4.69, 9.17) is 15.9 Å². The molecule has 3 N–H and O–H groups in total. The standard InChI is InChI=1S/C11H14BrFN2O/c12-9-7-8(13)4-5-10(9)16-6-2-1-3-11(14)15/h4-5,7H,1-3,6H2,(H3,14,15). The number of halogens is 2. The summed E-state index contributed by atoms with van der Waals surface area (Å²) in [6.45, 7) is 0.539. The van der Waals surface area contributed by atoms with E-state index in [0.717, 1.165) is 12.8 Å². The van der Waals surface area contributed by atoms with E-state index in [9.17, 15) is 4.39 Å². The van der Waals surface area contributed by atoms with Gasteiger partial charge < -0.3 is 10.5 Å². The van der Waals surface area contributed by atoms with Crippen LogP contribution in [0.25, 0.3) is 0 Å². The Labute approximate surface area is 102 Å². The second-order valence-corrected chi connectivity index (χ2v) is 4.26. The van der Waals surface area contributed by atoms with Gasteiger partial charge in [-0.1, -0.05) is 0 Å². The largest absolute Gasteiger partial charge is 0.492 e.